The number of carboxylic acid groups (broad SMARTS) is 1. The predicted molar refractivity (Wildman–Crippen MR) is 116 cm³/mol. The number of carbonyl (C=O) groups is 1. The molecular weight excluding hydrogens is 493 g/mol. The molecule has 2 N–H and O–H groups in total. The van der Waals surface area contributed by atoms with Crippen molar-refractivity contribution in [3.63, 3.8) is 0 Å². The molecule has 2 heterocycles. The van der Waals surface area contributed by atoms with Crippen molar-refractivity contribution in [3.05, 3.63) is 28.5 Å². The van der Waals surface area contributed by atoms with Crippen molar-refractivity contribution in [2.45, 2.75) is 33.2 Å². The van der Waals surface area contributed by atoms with Crippen LogP contribution in [0.2, 0.25) is 0 Å². The molecule has 166 valence electrons. The second kappa shape index (κ2) is 9.64. The minimum Gasteiger partial charge on any atom is -0.492 e. The fraction of sp³-hybridized carbons (Fsp3) is 0.444. The van der Waals surface area contributed by atoms with Crippen molar-refractivity contribution in [1.29, 1.82) is 0 Å². The first-order chi connectivity index (χ1) is 14.6. The largest absolute Gasteiger partial charge is 0.492 e. The zero-order valence-corrected chi connectivity index (χ0v) is 19.4. The molecule has 1 aromatic carbocycles. The number of nitrogens with one attached hydrogen (secondary N) is 1. The van der Waals surface area contributed by atoms with E-state index in [1.807, 2.05) is 0 Å². The van der Waals surface area contributed by atoms with Gasteiger partial charge in [-0.3, -0.25) is 0 Å². The number of tetrazole rings is 1. The summed E-state index contributed by atoms with van der Waals surface area (Å²) >= 11 is 4.54. The Morgan fingerprint density at radius 3 is 2.84 bits per heavy atom. The molecule has 10 nitrogen and oxygen atoms in total. The lowest BCUT2D eigenvalue weighted by atomic mass is 9.87. The van der Waals surface area contributed by atoms with E-state index in [9.17, 15) is 14.3 Å². The van der Waals surface area contributed by atoms with Gasteiger partial charge in [-0.25, -0.2) is 9.18 Å². The number of hydrogen-bond acceptors (Lipinski definition) is 9. The summed E-state index contributed by atoms with van der Waals surface area (Å²) in [7, 11) is 0. The van der Waals surface area contributed by atoms with Crippen LogP contribution in [0.5, 0.6) is 5.75 Å². The standard InChI is InChI=1S/C18H21BrFN7O3S/c1-18(2,3)13(16(28)29)27-25-14(22-26-27)15-23-24-17(31-15)21-7-4-8-30-12-9-10(20)5-6-11(12)19/h5-6,9,13H,4,7-8H2,1-3H3,(H,21,24)(H,28,29). The Labute approximate surface area is 190 Å². The van der Waals surface area contributed by atoms with E-state index in [0.29, 0.717) is 39.9 Å². The minimum atomic E-state index is -1.04. The summed E-state index contributed by atoms with van der Waals surface area (Å²) in [6.07, 6.45) is 0.651. The Balaban J connectivity index is 1.53. The van der Waals surface area contributed by atoms with Gasteiger partial charge in [0.25, 0.3) is 0 Å². The van der Waals surface area contributed by atoms with Gasteiger partial charge < -0.3 is 15.2 Å². The van der Waals surface area contributed by atoms with Crippen LogP contribution in [-0.4, -0.2) is 54.6 Å². The fourth-order valence-electron chi connectivity index (χ4n) is 2.66. The Morgan fingerprint density at radius 2 is 2.13 bits per heavy atom. The van der Waals surface area contributed by atoms with Crippen LogP contribution in [0.15, 0.2) is 22.7 Å². The maximum absolute atomic E-state index is 13.3. The zero-order chi connectivity index (χ0) is 22.6. The Morgan fingerprint density at radius 1 is 1.35 bits per heavy atom. The van der Waals surface area contributed by atoms with Gasteiger partial charge in [0.15, 0.2) is 11.0 Å². The first-order valence-electron chi connectivity index (χ1n) is 9.33. The monoisotopic (exact) mass is 513 g/mol. The van der Waals surface area contributed by atoms with E-state index in [4.69, 9.17) is 4.74 Å². The van der Waals surface area contributed by atoms with Crippen LogP contribution < -0.4 is 10.1 Å². The van der Waals surface area contributed by atoms with E-state index in [0.717, 1.165) is 4.80 Å². The van der Waals surface area contributed by atoms with Gasteiger partial charge in [0.2, 0.25) is 11.0 Å². The number of aliphatic carboxylic acids is 1. The van der Waals surface area contributed by atoms with Crippen molar-refractivity contribution in [1.82, 2.24) is 30.4 Å². The van der Waals surface area contributed by atoms with Gasteiger partial charge in [0.1, 0.15) is 11.6 Å². The Bertz CT molecular complexity index is 1050. The number of aromatic nitrogens is 6. The average molecular weight is 514 g/mol. The van der Waals surface area contributed by atoms with Gasteiger partial charge in [0.05, 0.1) is 11.1 Å². The first-order valence-corrected chi connectivity index (χ1v) is 10.9. The maximum atomic E-state index is 13.3. The van der Waals surface area contributed by atoms with Crippen molar-refractivity contribution in [2.75, 3.05) is 18.5 Å². The second-order valence-electron chi connectivity index (χ2n) is 7.66. The summed E-state index contributed by atoms with van der Waals surface area (Å²) in [5, 5.41) is 33.7. The third-order valence-corrected chi connectivity index (χ3v) is 5.61. The Kier molecular flexibility index (Phi) is 7.15. The molecule has 0 aliphatic rings. The van der Waals surface area contributed by atoms with E-state index in [1.54, 1.807) is 26.8 Å². The van der Waals surface area contributed by atoms with Crippen LogP contribution in [0.4, 0.5) is 9.52 Å². The maximum Gasteiger partial charge on any atom is 0.331 e. The lowest BCUT2D eigenvalue weighted by Crippen LogP contribution is -2.33. The van der Waals surface area contributed by atoms with Crippen LogP contribution in [0.1, 0.15) is 33.2 Å². The minimum absolute atomic E-state index is 0.209. The molecule has 0 saturated heterocycles. The smallest absolute Gasteiger partial charge is 0.331 e. The third kappa shape index (κ3) is 5.94. The van der Waals surface area contributed by atoms with Gasteiger partial charge >= 0.3 is 5.97 Å². The first kappa shape index (κ1) is 23.0. The molecule has 0 bridgehead atoms. The molecule has 1 atom stereocenters. The fourth-order valence-corrected chi connectivity index (χ4v) is 3.71. The van der Waals surface area contributed by atoms with Gasteiger partial charge in [0, 0.05) is 12.6 Å². The molecule has 0 spiro atoms. The molecule has 0 radical (unpaired) electrons. The molecule has 3 rings (SSSR count). The van der Waals surface area contributed by atoms with Crippen LogP contribution in [0, 0.1) is 11.2 Å². The second-order valence-corrected chi connectivity index (χ2v) is 9.49. The number of anilines is 1. The van der Waals surface area contributed by atoms with E-state index < -0.39 is 17.4 Å². The molecule has 1 unspecified atom stereocenters. The van der Waals surface area contributed by atoms with E-state index in [2.05, 4.69) is 46.9 Å². The Hall–Kier alpha value is -2.67. The molecular formula is C18H21BrFN7O3S. The van der Waals surface area contributed by atoms with E-state index >= 15 is 0 Å². The highest BCUT2D eigenvalue weighted by Gasteiger charge is 2.35. The summed E-state index contributed by atoms with van der Waals surface area (Å²) < 4.78 is 19.5. The van der Waals surface area contributed by atoms with Crippen molar-refractivity contribution in [3.8, 4) is 16.6 Å². The van der Waals surface area contributed by atoms with Crippen LogP contribution in [0.3, 0.4) is 0 Å². The zero-order valence-electron chi connectivity index (χ0n) is 17.0. The highest BCUT2D eigenvalue weighted by atomic mass is 79.9. The van der Waals surface area contributed by atoms with Gasteiger partial charge in [-0.05, 0) is 45.1 Å². The molecule has 2 aromatic heterocycles. The summed E-state index contributed by atoms with van der Waals surface area (Å²) in [4.78, 5) is 12.7. The average Bonchev–Trinajstić information content (AvgIpc) is 3.32. The molecule has 13 heteroatoms. The number of ether oxygens (including phenoxy) is 1. The number of carboxylic acids is 1. The highest BCUT2D eigenvalue weighted by Crippen LogP contribution is 2.30. The van der Waals surface area contributed by atoms with E-state index in [-0.39, 0.29) is 11.6 Å². The van der Waals surface area contributed by atoms with E-state index in [1.165, 1.54) is 23.5 Å². The summed E-state index contributed by atoms with van der Waals surface area (Å²) in [6, 6.07) is 3.31. The molecule has 0 saturated carbocycles. The lowest BCUT2D eigenvalue weighted by Gasteiger charge is -2.25. The number of halogens is 2. The molecule has 0 aliphatic carbocycles. The van der Waals surface area contributed by atoms with Crippen molar-refractivity contribution < 1.29 is 19.0 Å². The van der Waals surface area contributed by atoms with Gasteiger partial charge in [-0.1, -0.05) is 32.1 Å². The molecule has 3 aromatic rings. The number of benzene rings is 1. The summed E-state index contributed by atoms with van der Waals surface area (Å²) in [5.41, 5.74) is -0.596. The summed E-state index contributed by atoms with van der Waals surface area (Å²) in [5.74, 6) is -0.744. The molecule has 0 aliphatic heterocycles. The number of hydrogen-bond donors (Lipinski definition) is 2. The summed E-state index contributed by atoms with van der Waals surface area (Å²) in [6.45, 7) is 6.32. The van der Waals surface area contributed by atoms with Crippen LogP contribution in [-0.2, 0) is 4.79 Å². The quantitative estimate of drug-likeness (QED) is 0.411. The van der Waals surface area contributed by atoms with Gasteiger partial charge in [-0.2, -0.15) is 0 Å². The van der Waals surface area contributed by atoms with Crippen LogP contribution >= 0.6 is 27.3 Å². The van der Waals surface area contributed by atoms with Gasteiger partial charge in [-0.15, -0.1) is 25.2 Å². The van der Waals surface area contributed by atoms with Crippen molar-refractivity contribution >= 4 is 38.4 Å². The lowest BCUT2D eigenvalue weighted by molar-refractivity contribution is -0.145. The van der Waals surface area contributed by atoms with Crippen molar-refractivity contribution in [2.24, 2.45) is 5.41 Å². The predicted octanol–water partition coefficient (Wildman–Crippen LogP) is 3.65. The SMILES string of the molecule is CC(C)(C)C(C(=O)O)n1nnc(-c2nnc(NCCCOc3cc(F)ccc3Br)s2)n1. The topological polar surface area (TPSA) is 128 Å². The third-order valence-electron chi connectivity index (χ3n) is 4.08. The molecule has 0 amide bonds. The number of rotatable bonds is 9. The molecule has 31 heavy (non-hydrogen) atoms. The normalized spacial score (nSPS) is 12.5. The highest BCUT2D eigenvalue weighted by molar-refractivity contribution is 9.10. The van der Waals surface area contributed by atoms with Crippen LogP contribution in [0.25, 0.3) is 10.8 Å². The number of nitrogens with zero attached hydrogens (tertiary/aromatic N) is 6. The molecule has 0 fully saturated rings.